The summed E-state index contributed by atoms with van der Waals surface area (Å²) in [6.45, 7) is 2.25. The minimum Gasteiger partial charge on any atom is -0.360 e. The first-order chi connectivity index (χ1) is 15.4. The van der Waals surface area contributed by atoms with Crippen LogP contribution in [0, 0.1) is 4.91 Å². The highest BCUT2D eigenvalue weighted by Gasteiger charge is 2.31. The second kappa shape index (κ2) is 9.67. The van der Waals surface area contributed by atoms with Gasteiger partial charge in [0.2, 0.25) is 18.2 Å². The minimum absolute atomic E-state index is 0.260. The van der Waals surface area contributed by atoms with Gasteiger partial charge in [0.1, 0.15) is 5.82 Å². The van der Waals surface area contributed by atoms with Gasteiger partial charge in [0, 0.05) is 46.5 Å². The summed E-state index contributed by atoms with van der Waals surface area (Å²) >= 11 is 6.22. The second-order valence-electron chi connectivity index (χ2n) is 8.45. The molecule has 32 heavy (non-hydrogen) atoms. The van der Waals surface area contributed by atoms with E-state index in [0.29, 0.717) is 18.8 Å². The number of nitroso groups, excluding NO2 is 1. The maximum absolute atomic E-state index is 12.6. The number of fused-ring (bicyclic) bond motifs is 1. The first kappa shape index (κ1) is 22.2. The van der Waals surface area contributed by atoms with Crippen molar-refractivity contribution in [3.8, 4) is 0 Å². The van der Waals surface area contributed by atoms with E-state index >= 15 is 0 Å². The molecule has 0 fully saturated rings. The van der Waals surface area contributed by atoms with Crippen molar-refractivity contribution in [1.82, 2.24) is 15.2 Å². The first-order valence-corrected chi connectivity index (χ1v) is 11.2. The van der Waals surface area contributed by atoms with Gasteiger partial charge in [-0.05, 0) is 57.8 Å². The summed E-state index contributed by atoms with van der Waals surface area (Å²) in [4.78, 5) is 25.9. The SMILES string of the molecule is CN(C)CCCN(C)c1ccc(NC2=NC=C3C[N+](=O)C4=C(C=C(Cl)CC4)C=C3N2)cn1. The molecule has 9 heteroatoms. The lowest BCUT2D eigenvalue weighted by atomic mass is 10.0. The monoisotopic (exact) mass is 454 g/mol. The average molecular weight is 455 g/mol. The van der Waals surface area contributed by atoms with Gasteiger partial charge >= 0.3 is 0 Å². The Morgan fingerprint density at radius 2 is 2.03 bits per heavy atom. The van der Waals surface area contributed by atoms with Gasteiger partial charge in [0.25, 0.3) is 0 Å². The zero-order valence-electron chi connectivity index (χ0n) is 18.7. The fraction of sp³-hybridized carbons (Fsp3) is 0.391. The van der Waals surface area contributed by atoms with Crippen LogP contribution in [0.15, 0.2) is 69.2 Å². The molecule has 0 unspecified atom stereocenters. The number of rotatable bonds is 6. The quantitative estimate of drug-likeness (QED) is 0.640. The van der Waals surface area contributed by atoms with Crippen LogP contribution in [0.1, 0.15) is 19.3 Å². The lowest BCUT2D eigenvalue weighted by Gasteiger charge is -2.20. The lowest BCUT2D eigenvalue weighted by molar-refractivity contribution is -0.493. The third-order valence-electron chi connectivity index (χ3n) is 5.61. The number of hydrogen-bond acceptors (Lipinski definition) is 7. The van der Waals surface area contributed by atoms with E-state index in [1.807, 2.05) is 24.3 Å². The highest BCUT2D eigenvalue weighted by molar-refractivity contribution is 6.29. The molecule has 1 aromatic heterocycles. The number of hydrogen-bond donors (Lipinski definition) is 2. The summed E-state index contributed by atoms with van der Waals surface area (Å²) in [5.41, 5.74) is 4.15. The number of allylic oxidation sites excluding steroid dienone is 5. The van der Waals surface area contributed by atoms with Gasteiger partial charge in [-0.1, -0.05) is 11.6 Å². The van der Waals surface area contributed by atoms with Crippen LogP contribution < -0.4 is 15.5 Å². The van der Waals surface area contributed by atoms with Crippen LogP contribution in [0.25, 0.3) is 0 Å². The molecular weight excluding hydrogens is 426 g/mol. The summed E-state index contributed by atoms with van der Waals surface area (Å²) in [6.07, 6.45) is 9.81. The van der Waals surface area contributed by atoms with E-state index in [4.69, 9.17) is 11.6 Å². The summed E-state index contributed by atoms with van der Waals surface area (Å²) in [6, 6.07) is 3.98. The molecule has 3 heterocycles. The molecule has 0 radical (unpaired) electrons. The molecule has 4 rings (SSSR count). The zero-order valence-corrected chi connectivity index (χ0v) is 19.5. The molecule has 0 spiro atoms. The topological polar surface area (TPSA) is 75.9 Å². The third-order valence-corrected chi connectivity index (χ3v) is 5.91. The van der Waals surface area contributed by atoms with E-state index in [1.54, 1.807) is 12.4 Å². The van der Waals surface area contributed by atoms with Gasteiger partial charge in [-0.15, -0.1) is 0 Å². The third kappa shape index (κ3) is 5.26. The number of aromatic nitrogens is 1. The van der Waals surface area contributed by atoms with Gasteiger partial charge in [-0.2, -0.15) is 0 Å². The molecule has 1 aromatic rings. The van der Waals surface area contributed by atoms with Crippen molar-refractivity contribution in [2.75, 3.05) is 51.0 Å². The smallest absolute Gasteiger partial charge is 0.240 e. The minimum atomic E-state index is 0.260. The number of guanidine groups is 1. The second-order valence-corrected chi connectivity index (χ2v) is 8.94. The molecule has 0 saturated heterocycles. The van der Waals surface area contributed by atoms with Gasteiger partial charge in [-0.3, -0.25) is 0 Å². The van der Waals surface area contributed by atoms with E-state index in [1.165, 1.54) is 0 Å². The van der Waals surface area contributed by atoms with Crippen molar-refractivity contribution in [3.05, 3.63) is 69.2 Å². The Morgan fingerprint density at radius 1 is 1.19 bits per heavy atom. The Hall–Kier alpha value is -2.97. The maximum atomic E-state index is 12.6. The van der Waals surface area contributed by atoms with Crippen molar-refractivity contribution < 1.29 is 4.76 Å². The van der Waals surface area contributed by atoms with Crippen LogP contribution in [-0.2, 0) is 0 Å². The highest BCUT2D eigenvalue weighted by Crippen LogP contribution is 2.32. The van der Waals surface area contributed by atoms with Crippen LogP contribution in [0.3, 0.4) is 0 Å². The molecule has 3 aliphatic rings. The predicted octanol–water partition coefficient (Wildman–Crippen LogP) is 3.57. The van der Waals surface area contributed by atoms with Crippen LogP contribution in [-0.4, -0.2) is 61.4 Å². The van der Waals surface area contributed by atoms with Crippen molar-refractivity contribution in [2.24, 2.45) is 4.99 Å². The van der Waals surface area contributed by atoms with E-state index < -0.39 is 0 Å². The fourth-order valence-electron chi connectivity index (χ4n) is 3.84. The zero-order chi connectivity index (χ0) is 22.7. The van der Waals surface area contributed by atoms with E-state index in [0.717, 1.165) is 63.3 Å². The Morgan fingerprint density at radius 3 is 2.78 bits per heavy atom. The summed E-state index contributed by atoms with van der Waals surface area (Å²) in [7, 11) is 6.21. The Balaban J connectivity index is 1.43. The van der Waals surface area contributed by atoms with E-state index in [2.05, 4.69) is 51.6 Å². The molecule has 2 N–H and O–H groups in total. The molecule has 0 aromatic carbocycles. The number of nitrogens with one attached hydrogen (secondary N) is 2. The van der Waals surface area contributed by atoms with Crippen LogP contribution in [0.4, 0.5) is 11.5 Å². The maximum Gasteiger partial charge on any atom is 0.240 e. The van der Waals surface area contributed by atoms with Crippen LogP contribution in [0.5, 0.6) is 0 Å². The normalized spacial score (nSPS) is 18.0. The van der Waals surface area contributed by atoms with Crippen LogP contribution >= 0.6 is 11.6 Å². The number of halogens is 1. The van der Waals surface area contributed by atoms with Crippen LogP contribution in [0.2, 0.25) is 0 Å². The number of anilines is 2. The fourth-order valence-corrected chi connectivity index (χ4v) is 4.05. The number of aliphatic imine (C=N–C) groups is 1. The molecule has 0 amide bonds. The largest absolute Gasteiger partial charge is 0.360 e. The molecule has 0 atom stereocenters. The highest BCUT2D eigenvalue weighted by atomic mass is 35.5. The molecule has 2 aliphatic heterocycles. The predicted molar refractivity (Wildman–Crippen MR) is 130 cm³/mol. The van der Waals surface area contributed by atoms with E-state index in [9.17, 15) is 4.91 Å². The summed E-state index contributed by atoms with van der Waals surface area (Å²) in [5.74, 6) is 1.51. The summed E-state index contributed by atoms with van der Waals surface area (Å²) in [5, 5.41) is 7.34. The Labute approximate surface area is 193 Å². The van der Waals surface area contributed by atoms with Gasteiger partial charge in [-0.25, -0.2) is 9.98 Å². The molecule has 0 bridgehead atoms. The summed E-state index contributed by atoms with van der Waals surface area (Å²) < 4.78 is 1.04. The first-order valence-electron chi connectivity index (χ1n) is 10.8. The van der Waals surface area contributed by atoms with E-state index in [-0.39, 0.29) is 6.54 Å². The van der Waals surface area contributed by atoms with Gasteiger partial charge in [0.15, 0.2) is 0 Å². The van der Waals surface area contributed by atoms with Crippen molar-refractivity contribution in [1.29, 1.82) is 0 Å². The molecule has 1 aliphatic carbocycles. The molecule has 168 valence electrons. The Bertz CT molecular complexity index is 1050. The molecular formula is C23H29ClN7O+. The number of nitrogens with zero attached hydrogens (tertiary/aromatic N) is 5. The molecule has 8 nitrogen and oxygen atoms in total. The van der Waals surface area contributed by atoms with Gasteiger partial charge in [0.05, 0.1) is 23.2 Å². The van der Waals surface area contributed by atoms with Gasteiger partial charge < -0.3 is 20.4 Å². The average Bonchev–Trinajstić information content (AvgIpc) is 2.88. The van der Waals surface area contributed by atoms with Crippen molar-refractivity contribution in [3.63, 3.8) is 0 Å². The van der Waals surface area contributed by atoms with Crippen molar-refractivity contribution >= 4 is 29.1 Å². The molecule has 0 saturated carbocycles. The standard InChI is InChI=1S/C23H29ClN7O/c1-29(2)9-4-10-30(3)22-8-6-19(14-25-22)27-23-26-13-17-15-31(32)21-7-5-18(24)11-16(21)12-20(17)28-23/h6,8,11-14H,4-5,7,9-10,15H2,1-3H3,(H2,26,27,28)/q+1. The van der Waals surface area contributed by atoms with Crippen molar-refractivity contribution in [2.45, 2.75) is 19.3 Å². The number of pyridine rings is 1. The lowest BCUT2D eigenvalue weighted by Crippen LogP contribution is -2.33. The Kier molecular flexibility index (Phi) is 6.72.